The number of morpholine rings is 1. The summed E-state index contributed by atoms with van der Waals surface area (Å²) in [6, 6.07) is 3.26. The Hall–Kier alpha value is -2.15. The van der Waals surface area contributed by atoms with Crippen LogP contribution in [0.5, 0.6) is 0 Å². The number of hydrogen-bond donors (Lipinski definition) is 1. The number of carboxylic acid groups (broad SMARTS) is 1. The number of rotatable bonds is 4. The summed E-state index contributed by atoms with van der Waals surface area (Å²) < 4.78 is 5.33. The maximum atomic E-state index is 12.8. The molecule has 2 aliphatic rings. The summed E-state index contributed by atoms with van der Waals surface area (Å²) in [7, 11) is 0. The van der Waals surface area contributed by atoms with Crippen molar-refractivity contribution >= 4 is 17.7 Å². The van der Waals surface area contributed by atoms with Crippen molar-refractivity contribution in [1.82, 2.24) is 9.88 Å². The van der Waals surface area contributed by atoms with Crippen LogP contribution in [0.3, 0.4) is 0 Å². The van der Waals surface area contributed by atoms with Gasteiger partial charge in [0.05, 0.1) is 31.2 Å². The van der Waals surface area contributed by atoms with Gasteiger partial charge in [0.1, 0.15) is 5.82 Å². The third kappa shape index (κ3) is 4.48. The molecule has 1 N–H and O–H groups in total. The van der Waals surface area contributed by atoms with Crippen LogP contribution in [0.1, 0.15) is 42.5 Å². The van der Waals surface area contributed by atoms with Gasteiger partial charge in [-0.05, 0) is 25.0 Å². The van der Waals surface area contributed by atoms with Crippen LogP contribution in [0.25, 0.3) is 0 Å². The predicted octanol–water partition coefficient (Wildman–Crippen LogP) is 1.78. The van der Waals surface area contributed by atoms with E-state index in [0.717, 1.165) is 18.9 Å². The average Bonchev–Trinajstić information content (AvgIpc) is 2.91. The van der Waals surface area contributed by atoms with E-state index in [1.807, 2.05) is 6.07 Å². The molecule has 0 spiro atoms. The first-order chi connectivity index (χ1) is 12.1. The number of amides is 1. The molecule has 3 heterocycles. The van der Waals surface area contributed by atoms with Crippen LogP contribution < -0.4 is 4.90 Å². The Balaban J connectivity index is 1.69. The molecule has 1 amide bonds. The van der Waals surface area contributed by atoms with Crippen LogP contribution in [0.4, 0.5) is 5.82 Å². The van der Waals surface area contributed by atoms with Crippen molar-refractivity contribution in [3.8, 4) is 0 Å². The van der Waals surface area contributed by atoms with Crippen molar-refractivity contribution < 1.29 is 19.4 Å². The lowest BCUT2D eigenvalue weighted by Gasteiger charge is -2.34. The SMILES string of the molecule is O=C(O)CC1COCCN1C(=O)c1ccc(N2CCCCCC2)nc1. The van der Waals surface area contributed by atoms with Gasteiger partial charge >= 0.3 is 5.97 Å². The zero-order valence-electron chi connectivity index (χ0n) is 14.4. The molecular weight excluding hydrogens is 322 g/mol. The molecule has 1 unspecified atom stereocenters. The van der Waals surface area contributed by atoms with Crippen LogP contribution in [-0.2, 0) is 9.53 Å². The molecule has 3 rings (SSSR count). The van der Waals surface area contributed by atoms with Crippen molar-refractivity contribution in [3.63, 3.8) is 0 Å². The third-order valence-electron chi connectivity index (χ3n) is 4.82. The minimum atomic E-state index is -0.928. The Morgan fingerprint density at radius 1 is 1.16 bits per heavy atom. The van der Waals surface area contributed by atoms with E-state index in [1.165, 1.54) is 25.7 Å². The molecule has 1 atom stereocenters. The quantitative estimate of drug-likeness (QED) is 0.894. The Kier molecular flexibility index (Phi) is 5.86. The average molecular weight is 347 g/mol. The molecule has 1 aromatic rings. The van der Waals surface area contributed by atoms with Gasteiger partial charge < -0.3 is 19.6 Å². The number of nitrogens with zero attached hydrogens (tertiary/aromatic N) is 3. The van der Waals surface area contributed by atoms with Gasteiger partial charge in [0.2, 0.25) is 0 Å². The van der Waals surface area contributed by atoms with E-state index in [0.29, 0.717) is 18.7 Å². The minimum Gasteiger partial charge on any atom is -0.481 e. The van der Waals surface area contributed by atoms with E-state index in [9.17, 15) is 9.59 Å². The van der Waals surface area contributed by atoms with Crippen molar-refractivity contribution in [3.05, 3.63) is 23.9 Å². The maximum absolute atomic E-state index is 12.8. The molecule has 7 heteroatoms. The van der Waals surface area contributed by atoms with Crippen molar-refractivity contribution in [2.24, 2.45) is 0 Å². The van der Waals surface area contributed by atoms with E-state index in [4.69, 9.17) is 9.84 Å². The Morgan fingerprint density at radius 2 is 1.92 bits per heavy atom. The van der Waals surface area contributed by atoms with E-state index in [2.05, 4.69) is 9.88 Å². The monoisotopic (exact) mass is 347 g/mol. The van der Waals surface area contributed by atoms with Gasteiger partial charge in [-0.2, -0.15) is 0 Å². The topological polar surface area (TPSA) is 83.0 Å². The second-order valence-electron chi connectivity index (χ2n) is 6.63. The zero-order valence-corrected chi connectivity index (χ0v) is 14.4. The van der Waals surface area contributed by atoms with E-state index >= 15 is 0 Å². The molecule has 136 valence electrons. The summed E-state index contributed by atoms with van der Waals surface area (Å²) in [6.45, 7) is 3.11. The van der Waals surface area contributed by atoms with Crippen molar-refractivity contribution in [2.45, 2.75) is 38.1 Å². The Bertz CT molecular complexity index is 597. The molecule has 0 radical (unpaired) electrons. The summed E-state index contributed by atoms with van der Waals surface area (Å²) >= 11 is 0. The second-order valence-corrected chi connectivity index (χ2v) is 6.63. The fourth-order valence-electron chi connectivity index (χ4n) is 3.46. The lowest BCUT2D eigenvalue weighted by molar-refractivity contribution is -0.139. The molecule has 0 aromatic carbocycles. The molecule has 0 bridgehead atoms. The second kappa shape index (κ2) is 8.29. The first kappa shape index (κ1) is 17.7. The largest absolute Gasteiger partial charge is 0.481 e. The lowest BCUT2D eigenvalue weighted by atomic mass is 10.1. The highest BCUT2D eigenvalue weighted by Crippen LogP contribution is 2.19. The Morgan fingerprint density at radius 3 is 2.56 bits per heavy atom. The van der Waals surface area contributed by atoms with E-state index < -0.39 is 12.0 Å². The molecule has 2 saturated heterocycles. The van der Waals surface area contributed by atoms with Gasteiger partial charge in [-0.15, -0.1) is 0 Å². The van der Waals surface area contributed by atoms with Gasteiger partial charge in [-0.25, -0.2) is 4.98 Å². The standard InChI is InChI=1S/C18H25N3O4/c22-17(23)11-15-13-25-10-9-21(15)18(24)14-5-6-16(19-12-14)20-7-3-1-2-4-8-20/h5-6,12,15H,1-4,7-11,13H2,(H,22,23). The summed E-state index contributed by atoms with van der Waals surface area (Å²) in [5.74, 6) is -0.199. The number of aromatic nitrogens is 1. The predicted molar refractivity (Wildman–Crippen MR) is 92.8 cm³/mol. The summed E-state index contributed by atoms with van der Waals surface area (Å²) in [6.07, 6.45) is 6.37. The van der Waals surface area contributed by atoms with Gasteiger partial charge in [-0.1, -0.05) is 12.8 Å². The van der Waals surface area contributed by atoms with Crippen molar-refractivity contribution in [2.75, 3.05) is 37.7 Å². The van der Waals surface area contributed by atoms with Crippen LogP contribution in [0.2, 0.25) is 0 Å². The van der Waals surface area contributed by atoms with Crippen LogP contribution in [0.15, 0.2) is 18.3 Å². The number of carbonyl (C=O) groups excluding carboxylic acids is 1. The minimum absolute atomic E-state index is 0.106. The first-order valence-corrected chi connectivity index (χ1v) is 8.96. The van der Waals surface area contributed by atoms with Gasteiger partial charge in [0, 0.05) is 25.8 Å². The molecule has 25 heavy (non-hydrogen) atoms. The smallest absolute Gasteiger partial charge is 0.305 e. The molecule has 0 saturated carbocycles. The molecule has 1 aromatic heterocycles. The molecule has 0 aliphatic carbocycles. The van der Waals surface area contributed by atoms with E-state index in [1.54, 1.807) is 17.2 Å². The first-order valence-electron chi connectivity index (χ1n) is 8.96. The van der Waals surface area contributed by atoms with Gasteiger partial charge in [0.15, 0.2) is 0 Å². The fraction of sp³-hybridized carbons (Fsp3) is 0.611. The van der Waals surface area contributed by atoms with Crippen molar-refractivity contribution in [1.29, 1.82) is 0 Å². The molecule has 7 nitrogen and oxygen atoms in total. The molecule has 2 fully saturated rings. The summed E-state index contributed by atoms with van der Waals surface area (Å²) in [5.41, 5.74) is 0.496. The zero-order chi connectivity index (χ0) is 17.6. The van der Waals surface area contributed by atoms with E-state index in [-0.39, 0.29) is 18.9 Å². The number of ether oxygens (including phenoxy) is 1. The highest BCUT2D eigenvalue weighted by atomic mass is 16.5. The number of carbonyl (C=O) groups is 2. The number of anilines is 1. The summed E-state index contributed by atoms with van der Waals surface area (Å²) in [5, 5.41) is 9.03. The molecular formula is C18H25N3O4. The maximum Gasteiger partial charge on any atom is 0.305 e. The van der Waals surface area contributed by atoms with Crippen LogP contribution in [-0.4, -0.2) is 65.8 Å². The van der Waals surface area contributed by atoms with Gasteiger partial charge in [-0.3, -0.25) is 9.59 Å². The fourth-order valence-corrected chi connectivity index (χ4v) is 3.46. The highest BCUT2D eigenvalue weighted by Gasteiger charge is 2.30. The normalized spacial score (nSPS) is 21.7. The molecule has 2 aliphatic heterocycles. The van der Waals surface area contributed by atoms with Crippen LogP contribution in [0, 0.1) is 0 Å². The van der Waals surface area contributed by atoms with Gasteiger partial charge in [0.25, 0.3) is 5.91 Å². The van der Waals surface area contributed by atoms with Crippen LogP contribution >= 0.6 is 0 Å². The highest BCUT2D eigenvalue weighted by molar-refractivity contribution is 5.94. The summed E-state index contributed by atoms with van der Waals surface area (Å²) in [4.78, 5) is 32.1. The Labute approximate surface area is 147 Å². The lowest BCUT2D eigenvalue weighted by Crippen LogP contribution is -2.49. The third-order valence-corrected chi connectivity index (χ3v) is 4.82. The number of pyridine rings is 1. The number of hydrogen-bond acceptors (Lipinski definition) is 5. The number of carboxylic acids is 1. The number of aliphatic carboxylic acids is 1.